The first-order valence-electron chi connectivity index (χ1n) is 28.9. The zero-order valence-corrected chi connectivity index (χ0v) is 51.4. The minimum Gasteiger partial charge on any atom is -0.393 e. The monoisotopic (exact) mass is 1220 g/mol. The molecule has 0 spiro atoms. The molecule has 6 amide bonds. The minimum absolute atomic E-state index is 0.154. The third-order valence-corrected chi connectivity index (χ3v) is 18.1. The molecule has 0 saturated heterocycles. The topological polar surface area (TPSA) is 205 Å². The van der Waals surface area contributed by atoms with Crippen molar-refractivity contribution in [2.24, 2.45) is 0 Å². The largest absolute Gasteiger partial charge is 0.393 e. The number of anilines is 9. The van der Waals surface area contributed by atoms with E-state index in [0.717, 1.165) is 93.7 Å². The van der Waals surface area contributed by atoms with Crippen LogP contribution in [0.25, 0.3) is 0 Å². The second-order valence-corrected chi connectivity index (χ2v) is 23.6. The van der Waals surface area contributed by atoms with Gasteiger partial charge in [0.2, 0.25) is 17.8 Å². The molecule has 6 aromatic rings. The summed E-state index contributed by atoms with van der Waals surface area (Å²) in [5.41, 5.74) is 4.70. The highest BCUT2D eigenvalue weighted by atomic mass is 35.5. The van der Waals surface area contributed by atoms with Gasteiger partial charge in [-0.15, -0.1) is 0 Å². The van der Waals surface area contributed by atoms with Crippen molar-refractivity contribution in [3.05, 3.63) is 123 Å². The fourth-order valence-corrected chi connectivity index (χ4v) is 12.7. The first-order valence-corrected chi connectivity index (χ1v) is 30.1. The fourth-order valence-electron chi connectivity index (χ4n) is 12.0. The molecule has 6 heterocycles. The Hall–Kier alpha value is -7.14. The van der Waals surface area contributed by atoms with E-state index in [1.165, 1.54) is 4.90 Å². The van der Waals surface area contributed by atoms with Gasteiger partial charge in [0.05, 0.1) is 70.1 Å². The number of fused-ring (bicyclic) bond motifs is 3. The Bertz CT molecular complexity index is 3200. The number of hydrogen-bond acceptors (Lipinski definition) is 15. The van der Waals surface area contributed by atoms with Crippen molar-refractivity contribution in [1.29, 1.82) is 0 Å². The summed E-state index contributed by atoms with van der Waals surface area (Å²) in [5, 5.41) is 14.6. The number of carbonyl (C=O) groups excluding carboxylic acids is 3. The Morgan fingerprint density at radius 1 is 0.494 bits per heavy atom. The van der Waals surface area contributed by atoms with Crippen LogP contribution >= 0.6 is 34.8 Å². The molecule has 0 atom stereocenters. The van der Waals surface area contributed by atoms with E-state index >= 15 is 0 Å². The highest BCUT2D eigenvalue weighted by Crippen LogP contribution is 2.38. The van der Waals surface area contributed by atoms with Crippen LogP contribution in [-0.4, -0.2) is 139 Å². The Balaban J connectivity index is 0.000000142. The Morgan fingerprint density at radius 2 is 0.835 bits per heavy atom. The molecule has 24 heteroatoms. The van der Waals surface area contributed by atoms with E-state index < -0.39 is 0 Å². The van der Waals surface area contributed by atoms with E-state index in [9.17, 15) is 19.5 Å². The average Bonchev–Trinajstić information content (AvgIpc) is 3.29. The molecule has 3 saturated carbocycles. The van der Waals surface area contributed by atoms with Gasteiger partial charge in [-0.05, 0) is 113 Å². The SMILES string of the molecule is CN1C(=O)N(c2ccccc2Cl)Cc2cnc(NC3CCC(O)CC3)nc21.COC1CCC(N(C)c2ncc3c(n2)N(C)C(=O)N(c2ccccc2Cl)C3)CC1.COC1CCC(N(C)c2ncc3c(n2)N(C)C(=O)N(c2ccccc2Cl)C3)CC1. The fraction of sp³-hybridized carbons (Fsp3) is 0.459. The summed E-state index contributed by atoms with van der Waals surface area (Å²) in [6, 6.07) is 22.5. The number of aromatic nitrogens is 6. The predicted octanol–water partition coefficient (Wildman–Crippen LogP) is 11.6. The van der Waals surface area contributed by atoms with Crippen molar-refractivity contribution in [1.82, 2.24) is 29.9 Å². The lowest BCUT2D eigenvalue weighted by Crippen LogP contribution is -2.46. The number of halogens is 3. The molecule has 85 heavy (non-hydrogen) atoms. The lowest BCUT2D eigenvalue weighted by atomic mass is 9.92. The molecule has 12 rings (SSSR count). The molecule has 0 radical (unpaired) electrons. The summed E-state index contributed by atoms with van der Waals surface area (Å²) >= 11 is 18.9. The van der Waals surface area contributed by atoms with Crippen molar-refractivity contribution < 1.29 is 29.0 Å². The standard InChI is InChI=1S/2C21H26ClN5O2.C19H22ClN5O2/c2*1-25(15-8-10-16(29-3)11-9-15)20-23-12-14-13-27(18-7-5-4-6-17(18)22)21(28)26(2)19(14)24-20;1-24-17-12(11-25(19(24)27)16-5-3-2-4-15(16)20)10-21-18(23-17)22-13-6-8-14(26)9-7-13/h2*4-7,12,15-16H,8-11,13H2,1-3H3;2-5,10,13-14,26H,6-9,11H2,1H3,(H,21,22,23). The molecule has 3 aromatic carbocycles. The number of aliphatic hydroxyl groups excluding tert-OH is 1. The van der Waals surface area contributed by atoms with Crippen LogP contribution < -0.4 is 44.5 Å². The lowest BCUT2D eigenvalue weighted by Gasteiger charge is -2.36. The van der Waals surface area contributed by atoms with Gasteiger partial charge < -0.3 is 29.7 Å². The molecule has 21 nitrogen and oxygen atoms in total. The molecule has 0 unspecified atom stereocenters. The normalized spacial score (nSPS) is 22.1. The van der Waals surface area contributed by atoms with E-state index in [1.807, 2.05) is 81.1 Å². The third kappa shape index (κ3) is 13.5. The highest BCUT2D eigenvalue weighted by Gasteiger charge is 2.36. The number of aliphatic hydroxyl groups is 1. The van der Waals surface area contributed by atoms with E-state index in [2.05, 4.69) is 35.1 Å². The molecule has 2 N–H and O–H groups in total. The maximum Gasteiger partial charge on any atom is 0.330 e. The second kappa shape index (κ2) is 27.1. The van der Waals surface area contributed by atoms with Gasteiger partial charge in [-0.1, -0.05) is 71.2 Å². The third-order valence-electron chi connectivity index (χ3n) is 17.1. The van der Waals surface area contributed by atoms with Crippen molar-refractivity contribution in [3.8, 4) is 0 Å². The molecule has 450 valence electrons. The average molecular weight is 1220 g/mol. The van der Waals surface area contributed by atoms with Crippen molar-refractivity contribution >= 4 is 105 Å². The quantitative estimate of drug-likeness (QED) is 0.124. The van der Waals surface area contributed by atoms with Gasteiger partial charge in [0.1, 0.15) is 17.5 Å². The number of carbonyl (C=O) groups is 3. The number of amides is 6. The van der Waals surface area contributed by atoms with Crippen LogP contribution in [0.4, 0.5) is 66.7 Å². The number of nitrogens with zero attached hydrogens (tertiary/aromatic N) is 14. The molecule has 3 aromatic heterocycles. The maximum atomic E-state index is 13.0. The van der Waals surface area contributed by atoms with Crippen LogP contribution in [0.5, 0.6) is 0 Å². The Morgan fingerprint density at radius 3 is 1.19 bits per heavy atom. The van der Waals surface area contributed by atoms with Gasteiger partial charge in [-0.2, -0.15) is 15.0 Å². The summed E-state index contributed by atoms with van der Waals surface area (Å²) in [5.74, 6) is 3.73. The zero-order chi connectivity index (χ0) is 60.1. The van der Waals surface area contributed by atoms with Crippen LogP contribution in [0.3, 0.4) is 0 Å². The van der Waals surface area contributed by atoms with E-state index in [-0.39, 0.29) is 30.2 Å². The summed E-state index contributed by atoms with van der Waals surface area (Å²) in [6.07, 6.45) is 17.6. The number of nitrogens with one attached hydrogen (secondary N) is 1. The Labute approximate surface area is 511 Å². The van der Waals surface area contributed by atoms with E-state index in [0.29, 0.717) is 111 Å². The first kappa shape index (κ1) is 61.0. The number of hydrogen-bond donors (Lipinski definition) is 2. The number of para-hydroxylation sites is 3. The number of rotatable bonds is 11. The zero-order valence-electron chi connectivity index (χ0n) is 49.1. The smallest absolute Gasteiger partial charge is 0.330 e. The van der Waals surface area contributed by atoms with Crippen LogP contribution in [0.1, 0.15) is 93.7 Å². The summed E-state index contributed by atoms with van der Waals surface area (Å²) in [7, 11) is 12.8. The number of methoxy groups -OCH3 is 2. The van der Waals surface area contributed by atoms with Crippen LogP contribution in [0.2, 0.25) is 15.1 Å². The lowest BCUT2D eigenvalue weighted by molar-refractivity contribution is 0.0658. The van der Waals surface area contributed by atoms with Gasteiger partial charge >= 0.3 is 18.1 Å². The number of ether oxygens (including phenoxy) is 2. The van der Waals surface area contributed by atoms with Gasteiger partial charge in [0, 0.05) is 103 Å². The first-order chi connectivity index (χ1) is 41.0. The molecule has 6 aliphatic rings. The van der Waals surface area contributed by atoms with E-state index in [4.69, 9.17) is 54.2 Å². The highest BCUT2D eigenvalue weighted by molar-refractivity contribution is 6.35. The molecular weight excluding hydrogens is 1150 g/mol. The predicted molar refractivity (Wildman–Crippen MR) is 335 cm³/mol. The Kier molecular flexibility index (Phi) is 19.4. The van der Waals surface area contributed by atoms with Gasteiger partial charge in [0.25, 0.3) is 0 Å². The second-order valence-electron chi connectivity index (χ2n) is 22.4. The molecular formula is C61H74Cl3N15O6. The summed E-state index contributed by atoms with van der Waals surface area (Å²) in [4.78, 5) is 80.4. The molecule has 0 bridgehead atoms. The molecule has 3 aliphatic carbocycles. The number of benzene rings is 3. The van der Waals surface area contributed by atoms with Crippen molar-refractivity contribution in [2.75, 3.05) is 94.0 Å². The van der Waals surface area contributed by atoms with Crippen LogP contribution in [0, 0.1) is 0 Å². The molecule has 3 aliphatic heterocycles. The van der Waals surface area contributed by atoms with Gasteiger partial charge in [-0.3, -0.25) is 29.4 Å². The van der Waals surface area contributed by atoms with Crippen LogP contribution in [-0.2, 0) is 29.1 Å². The van der Waals surface area contributed by atoms with Gasteiger partial charge in [-0.25, -0.2) is 29.3 Å². The maximum absolute atomic E-state index is 13.0. The summed E-state index contributed by atoms with van der Waals surface area (Å²) in [6.45, 7) is 1.16. The van der Waals surface area contributed by atoms with Crippen molar-refractivity contribution in [2.45, 2.75) is 133 Å². The van der Waals surface area contributed by atoms with Crippen molar-refractivity contribution in [3.63, 3.8) is 0 Å². The minimum atomic E-state index is -0.202. The summed E-state index contributed by atoms with van der Waals surface area (Å²) < 4.78 is 10.9. The van der Waals surface area contributed by atoms with Crippen LogP contribution in [0.15, 0.2) is 91.4 Å². The van der Waals surface area contributed by atoms with Gasteiger partial charge in [0.15, 0.2) is 0 Å². The number of urea groups is 3. The van der Waals surface area contributed by atoms with E-state index in [1.54, 1.807) is 84.3 Å². The molecule has 3 fully saturated rings.